The van der Waals surface area contributed by atoms with Gasteiger partial charge in [0.15, 0.2) is 5.16 Å². The molecule has 0 aliphatic rings. The van der Waals surface area contributed by atoms with E-state index in [2.05, 4.69) is 16.4 Å². The Morgan fingerprint density at radius 2 is 2.03 bits per heavy atom. The SMILES string of the molecule is COc1cccc(-n2c(SCC(=O)NC(C)(C#N)C(C)C)nc3ccccc3c2=O)c1. The highest BCUT2D eigenvalue weighted by Crippen LogP contribution is 2.24. The molecule has 0 bridgehead atoms. The van der Waals surface area contributed by atoms with Gasteiger partial charge in [0.25, 0.3) is 5.56 Å². The number of thioether (sulfide) groups is 1. The zero-order valence-electron chi connectivity index (χ0n) is 17.9. The van der Waals surface area contributed by atoms with Gasteiger partial charge < -0.3 is 10.1 Å². The summed E-state index contributed by atoms with van der Waals surface area (Å²) in [7, 11) is 1.56. The molecule has 0 fully saturated rings. The number of para-hydroxylation sites is 1. The Morgan fingerprint density at radius 1 is 1.29 bits per heavy atom. The van der Waals surface area contributed by atoms with E-state index in [1.54, 1.807) is 56.5 Å². The first-order valence-corrected chi connectivity index (χ1v) is 10.8. The molecule has 0 spiro atoms. The van der Waals surface area contributed by atoms with E-state index < -0.39 is 5.54 Å². The molecule has 8 heteroatoms. The van der Waals surface area contributed by atoms with Crippen LogP contribution in [0.15, 0.2) is 58.5 Å². The van der Waals surface area contributed by atoms with Gasteiger partial charge in [-0.15, -0.1) is 0 Å². The number of hydrogen-bond donors (Lipinski definition) is 1. The molecule has 1 unspecified atom stereocenters. The Bertz CT molecular complexity index is 1220. The van der Waals surface area contributed by atoms with Crippen LogP contribution in [0.2, 0.25) is 0 Å². The zero-order chi connectivity index (χ0) is 22.6. The second-order valence-corrected chi connectivity index (χ2v) is 8.50. The number of rotatable bonds is 7. The van der Waals surface area contributed by atoms with Gasteiger partial charge in [-0.2, -0.15) is 5.26 Å². The van der Waals surface area contributed by atoms with Crippen LogP contribution in [0.5, 0.6) is 5.75 Å². The van der Waals surface area contributed by atoms with Gasteiger partial charge in [0.2, 0.25) is 5.91 Å². The summed E-state index contributed by atoms with van der Waals surface area (Å²) in [6, 6.07) is 16.4. The summed E-state index contributed by atoms with van der Waals surface area (Å²) >= 11 is 1.14. The topological polar surface area (TPSA) is 97.0 Å². The molecule has 1 aromatic heterocycles. The predicted octanol–water partition coefficient (Wildman–Crippen LogP) is 3.54. The van der Waals surface area contributed by atoms with E-state index in [9.17, 15) is 14.9 Å². The van der Waals surface area contributed by atoms with Gasteiger partial charge in [-0.1, -0.05) is 43.8 Å². The molecule has 2 aromatic carbocycles. The number of fused-ring (bicyclic) bond motifs is 1. The Morgan fingerprint density at radius 3 is 2.71 bits per heavy atom. The molecule has 160 valence electrons. The third-order valence-corrected chi connectivity index (χ3v) is 6.11. The number of carbonyl (C=O) groups is 1. The number of hydrogen-bond acceptors (Lipinski definition) is 6. The highest BCUT2D eigenvalue weighted by molar-refractivity contribution is 7.99. The Balaban J connectivity index is 2.00. The van der Waals surface area contributed by atoms with Crippen molar-refractivity contribution >= 4 is 28.6 Å². The highest BCUT2D eigenvalue weighted by atomic mass is 32.2. The minimum atomic E-state index is -0.971. The van der Waals surface area contributed by atoms with E-state index in [1.807, 2.05) is 19.9 Å². The third-order valence-electron chi connectivity index (χ3n) is 5.17. The van der Waals surface area contributed by atoms with Gasteiger partial charge >= 0.3 is 0 Å². The van der Waals surface area contributed by atoms with Crippen molar-refractivity contribution < 1.29 is 9.53 Å². The largest absolute Gasteiger partial charge is 0.497 e. The van der Waals surface area contributed by atoms with E-state index in [4.69, 9.17) is 4.74 Å². The lowest BCUT2D eigenvalue weighted by atomic mass is 9.90. The summed E-state index contributed by atoms with van der Waals surface area (Å²) in [5, 5.41) is 13.1. The highest BCUT2D eigenvalue weighted by Gasteiger charge is 2.30. The van der Waals surface area contributed by atoms with E-state index in [1.165, 1.54) is 4.57 Å². The van der Waals surface area contributed by atoms with Gasteiger partial charge in [0.05, 0.1) is 35.5 Å². The normalized spacial score (nSPS) is 12.9. The van der Waals surface area contributed by atoms with E-state index in [0.717, 1.165) is 11.8 Å². The summed E-state index contributed by atoms with van der Waals surface area (Å²) in [5.74, 6) is 0.258. The van der Waals surface area contributed by atoms with Crippen molar-refractivity contribution in [3.8, 4) is 17.5 Å². The van der Waals surface area contributed by atoms with Crippen LogP contribution in [0.3, 0.4) is 0 Å². The summed E-state index contributed by atoms with van der Waals surface area (Å²) in [6.07, 6.45) is 0. The first kappa shape index (κ1) is 22.4. The van der Waals surface area contributed by atoms with Crippen molar-refractivity contribution in [3.63, 3.8) is 0 Å². The standard InChI is InChI=1S/C23H24N4O3S/c1-15(2)23(3,14-24)26-20(28)13-31-22-25-19-11-6-5-10-18(19)21(29)27(22)16-8-7-9-17(12-16)30-4/h5-12,15H,13H2,1-4H3,(H,26,28). The lowest BCUT2D eigenvalue weighted by Crippen LogP contribution is -2.49. The molecule has 3 rings (SSSR count). The van der Waals surface area contributed by atoms with Crippen molar-refractivity contribution in [2.24, 2.45) is 5.92 Å². The van der Waals surface area contributed by atoms with Crippen LogP contribution in [0.25, 0.3) is 16.6 Å². The quantitative estimate of drug-likeness (QED) is 0.449. The molecule has 0 aliphatic heterocycles. The monoisotopic (exact) mass is 436 g/mol. The van der Waals surface area contributed by atoms with Crippen LogP contribution in [-0.4, -0.2) is 33.9 Å². The Kier molecular flexibility index (Phi) is 6.66. The van der Waals surface area contributed by atoms with Crippen LogP contribution in [0, 0.1) is 17.2 Å². The fraction of sp³-hybridized carbons (Fsp3) is 0.304. The maximum absolute atomic E-state index is 13.3. The minimum Gasteiger partial charge on any atom is -0.497 e. The number of ether oxygens (including phenoxy) is 1. The molecule has 1 heterocycles. The average molecular weight is 437 g/mol. The first-order chi connectivity index (χ1) is 14.8. The fourth-order valence-electron chi connectivity index (χ4n) is 2.94. The molecule has 0 aliphatic carbocycles. The number of carbonyl (C=O) groups excluding carboxylic acids is 1. The molecule has 0 saturated heterocycles. The second-order valence-electron chi connectivity index (χ2n) is 7.56. The van der Waals surface area contributed by atoms with Crippen LogP contribution in [-0.2, 0) is 4.79 Å². The number of nitrogens with zero attached hydrogens (tertiary/aromatic N) is 3. The molecule has 1 amide bonds. The molecular weight excluding hydrogens is 412 g/mol. The summed E-state index contributed by atoms with van der Waals surface area (Å²) in [5.41, 5.74) is -0.0556. The molecule has 1 N–H and O–H groups in total. The lowest BCUT2D eigenvalue weighted by molar-refractivity contribution is -0.120. The van der Waals surface area contributed by atoms with Crippen molar-refractivity contribution in [2.75, 3.05) is 12.9 Å². The van der Waals surface area contributed by atoms with Crippen LogP contribution < -0.4 is 15.6 Å². The molecule has 7 nitrogen and oxygen atoms in total. The number of amides is 1. The van der Waals surface area contributed by atoms with Crippen LogP contribution >= 0.6 is 11.8 Å². The molecule has 0 radical (unpaired) electrons. The molecule has 1 atom stereocenters. The lowest BCUT2D eigenvalue weighted by Gasteiger charge is -2.27. The molecule has 31 heavy (non-hydrogen) atoms. The van der Waals surface area contributed by atoms with Gasteiger partial charge in [-0.3, -0.25) is 14.2 Å². The number of aromatic nitrogens is 2. The molecule has 0 saturated carbocycles. The minimum absolute atomic E-state index is 0.0126. The number of nitrogens with one attached hydrogen (secondary N) is 1. The van der Waals surface area contributed by atoms with Crippen molar-refractivity contribution in [1.82, 2.24) is 14.9 Å². The molecule has 3 aromatic rings. The number of methoxy groups -OCH3 is 1. The average Bonchev–Trinajstić information content (AvgIpc) is 2.77. The van der Waals surface area contributed by atoms with Crippen LogP contribution in [0.4, 0.5) is 0 Å². The van der Waals surface area contributed by atoms with Crippen molar-refractivity contribution in [2.45, 2.75) is 31.5 Å². The van der Waals surface area contributed by atoms with Crippen LogP contribution in [0.1, 0.15) is 20.8 Å². The molecular formula is C23H24N4O3S. The zero-order valence-corrected chi connectivity index (χ0v) is 18.7. The Hall–Kier alpha value is -3.31. The van der Waals surface area contributed by atoms with E-state index >= 15 is 0 Å². The van der Waals surface area contributed by atoms with Gasteiger partial charge in [-0.05, 0) is 37.1 Å². The van der Waals surface area contributed by atoms with Gasteiger partial charge in [0.1, 0.15) is 11.3 Å². The first-order valence-electron chi connectivity index (χ1n) is 9.80. The maximum Gasteiger partial charge on any atom is 0.266 e. The summed E-state index contributed by atoms with van der Waals surface area (Å²) in [4.78, 5) is 30.5. The fourth-order valence-corrected chi connectivity index (χ4v) is 3.76. The van der Waals surface area contributed by atoms with Gasteiger partial charge in [-0.25, -0.2) is 4.98 Å². The number of benzene rings is 2. The predicted molar refractivity (Wildman–Crippen MR) is 122 cm³/mol. The summed E-state index contributed by atoms with van der Waals surface area (Å²) < 4.78 is 6.77. The smallest absolute Gasteiger partial charge is 0.266 e. The number of nitriles is 1. The van der Waals surface area contributed by atoms with E-state index in [-0.39, 0.29) is 23.1 Å². The van der Waals surface area contributed by atoms with Crippen molar-refractivity contribution in [3.05, 3.63) is 58.9 Å². The van der Waals surface area contributed by atoms with Crippen molar-refractivity contribution in [1.29, 1.82) is 5.26 Å². The third kappa shape index (κ3) is 4.72. The Labute approximate surface area is 185 Å². The second kappa shape index (κ2) is 9.23. The van der Waals surface area contributed by atoms with E-state index in [0.29, 0.717) is 27.5 Å². The maximum atomic E-state index is 13.3. The van der Waals surface area contributed by atoms with Gasteiger partial charge in [0, 0.05) is 6.07 Å². The summed E-state index contributed by atoms with van der Waals surface area (Å²) in [6.45, 7) is 5.45.